The maximum Gasteiger partial charge on any atom is 0.149 e. The average molecular weight is 326 g/mol. The van der Waals surface area contributed by atoms with E-state index in [9.17, 15) is 0 Å². The summed E-state index contributed by atoms with van der Waals surface area (Å²) in [6, 6.07) is 6.45. The first-order valence-corrected chi connectivity index (χ1v) is 7.56. The Morgan fingerprint density at radius 2 is 2.17 bits per heavy atom. The van der Waals surface area contributed by atoms with Crippen LogP contribution in [0.1, 0.15) is 30.5 Å². The average Bonchev–Trinajstić information content (AvgIpc) is 2.82. The molecular weight excluding hydrogens is 310 g/mol. The molecular formula is C13H16BrN3S. The van der Waals surface area contributed by atoms with Crippen molar-refractivity contribution in [1.82, 2.24) is 15.5 Å². The first-order valence-electron chi connectivity index (χ1n) is 5.95. The highest BCUT2D eigenvalue weighted by Crippen LogP contribution is 2.33. The molecule has 3 nitrogen and oxygen atoms in total. The molecule has 1 atom stereocenters. The summed E-state index contributed by atoms with van der Waals surface area (Å²) >= 11 is 5.26. The SMILES string of the molecule is CCNC(C)c1nnc(-c2cccc(C)c2Br)s1. The largest absolute Gasteiger partial charge is 0.308 e. The molecule has 5 heteroatoms. The maximum absolute atomic E-state index is 4.29. The van der Waals surface area contributed by atoms with Crippen LogP contribution in [0.25, 0.3) is 10.6 Å². The van der Waals surface area contributed by atoms with Crippen LogP contribution in [0.15, 0.2) is 22.7 Å². The van der Waals surface area contributed by atoms with Gasteiger partial charge < -0.3 is 5.32 Å². The normalized spacial score (nSPS) is 12.7. The predicted octanol–water partition coefficient (Wildman–Crippen LogP) is 3.95. The van der Waals surface area contributed by atoms with Crippen LogP contribution in [0.2, 0.25) is 0 Å². The number of rotatable bonds is 4. The molecule has 2 rings (SSSR count). The Kier molecular flexibility index (Phi) is 4.48. The van der Waals surface area contributed by atoms with Gasteiger partial charge in [0, 0.05) is 10.0 Å². The topological polar surface area (TPSA) is 37.8 Å². The second-order valence-electron chi connectivity index (χ2n) is 4.16. The number of halogens is 1. The van der Waals surface area contributed by atoms with Crippen molar-refractivity contribution in [2.75, 3.05) is 6.54 Å². The Morgan fingerprint density at radius 1 is 1.39 bits per heavy atom. The van der Waals surface area contributed by atoms with Crippen LogP contribution in [-0.4, -0.2) is 16.7 Å². The number of benzene rings is 1. The van der Waals surface area contributed by atoms with Crippen molar-refractivity contribution in [3.05, 3.63) is 33.2 Å². The number of hydrogen-bond donors (Lipinski definition) is 1. The molecule has 0 radical (unpaired) electrons. The molecule has 0 aliphatic heterocycles. The molecule has 0 saturated heterocycles. The monoisotopic (exact) mass is 325 g/mol. The molecule has 0 fully saturated rings. The quantitative estimate of drug-likeness (QED) is 0.924. The molecule has 1 aromatic carbocycles. The van der Waals surface area contributed by atoms with Crippen molar-refractivity contribution in [2.45, 2.75) is 26.8 Å². The Bertz CT molecular complexity index is 539. The molecule has 0 amide bonds. The van der Waals surface area contributed by atoms with Crippen molar-refractivity contribution in [1.29, 1.82) is 0 Å². The van der Waals surface area contributed by atoms with Crippen molar-refractivity contribution in [2.24, 2.45) is 0 Å². The van der Waals surface area contributed by atoms with Gasteiger partial charge in [-0.1, -0.05) is 36.5 Å². The van der Waals surface area contributed by atoms with Crippen molar-refractivity contribution < 1.29 is 0 Å². The van der Waals surface area contributed by atoms with Crippen molar-refractivity contribution in [3.63, 3.8) is 0 Å². The maximum atomic E-state index is 4.29. The first-order chi connectivity index (χ1) is 8.63. The van der Waals surface area contributed by atoms with Gasteiger partial charge in [-0.2, -0.15) is 0 Å². The van der Waals surface area contributed by atoms with Gasteiger partial charge in [-0.15, -0.1) is 10.2 Å². The number of hydrogen-bond acceptors (Lipinski definition) is 4. The van der Waals surface area contributed by atoms with Crippen molar-refractivity contribution in [3.8, 4) is 10.6 Å². The first kappa shape index (κ1) is 13.6. The van der Waals surface area contributed by atoms with Crippen LogP contribution in [-0.2, 0) is 0 Å². The third-order valence-electron chi connectivity index (χ3n) is 2.74. The Morgan fingerprint density at radius 3 is 2.89 bits per heavy atom. The lowest BCUT2D eigenvalue weighted by atomic mass is 10.1. The molecule has 96 valence electrons. The minimum absolute atomic E-state index is 0.254. The standard InChI is InChI=1S/C13H16BrN3S/c1-4-15-9(3)12-16-17-13(18-12)10-7-5-6-8(2)11(10)14/h5-7,9,15H,4H2,1-3H3. The molecule has 0 aliphatic rings. The Hall–Kier alpha value is -0.780. The van der Waals surface area contributed by atoms with Crippen LogP contribution >= 0.6 is 27.3 Å². The van der Waals surface area contributed by atoms with Gasteiger partial charge in [-0.05, 0) is 41.9 Å². The molecule has 1 heterocycles. The van der Waals surface area contributed by atoms with Gasteiger partial charge in [0.15, 0.2) is 0 Å². The minimum atomic E-state index is 0.254. The van der Waals surface area contributed by atoms with Crippen LogP contribution in [0.4, 0.5) is 0 Å². The van der Waals surface area contributed by atoms with Gasteiger partial charge in [-0.3, -0.25) is 0 Å². The van der Waals surface area contributed by atoms with Crippen LogP contribution < -0.4 is 5.32 Å². The highest BCUT2D eigenvalue weighted by atomic mass is 79.9. The zero-order chi connectivity index (χ0) is 13.1. The summed E-state index contributed by atoms with van der Waals surface area (Å²) in [6.45, 7) is 7.22. The van der Waals surface area contributed by atoms with E-state index in [0.29, 0.717) is 0 Å². The van der Waals surface area contributed by atoms with Gasteiger partial charge in [0.05, 0.1) is 6.04 Å². The van der Waals surface area contributed by atoms with Gasteiger partial charge in [0.1, 0.15) is 10.0 Å². The van der Waals surface area contributed by atoms with E-state index in [2.05, 4.69) is 64.3 Å². The van der Waals surface area contributed by atoms with E-state index >= 15 is 0 Å². The second-order valence-corrected chi connectivity index (χ2v) is 5.96. The fourth-order valence-corrected chi connectivity index (χ4v) is 3.21. The molecule has 0 aliphatic carbocycles. The van der Waals surface area contributed by atoms with Crippen LogP contribution in [0.5, 0.6) is 0 Å². The molecule has 2 aromatic rings. The highest BCUT2D eigenvalue weighted by Gasteiger charge is 2.14. The lowest BCUT2D eigenvalue weighted by Gasteiger charge is -2.06. The van der Waals surface area contributed by atoms with Gasteiger partial charge in [0.25, 0.3) is 0 Å². The number of aromatic nitrogens is 2. The van der Waals surface area contributed by atoms with E-state index in [0.717, 1.165) is 26.6 Å². The van der Waals surface area contributed by atoms with Crippen LogP contribution in [0, 0.1) is 6.92 Å². The zero-order valence-electron chi connectivity index (χ0n) is 10.7. The van der Waals surface area contributed by atoms with Crippen LogP contribution in [0.3, 0.4) is 0 Å². The lowest BCUT2D eigenvalue weighted by Crippen LogP contribution is -2.17. The molecule has 1 unspecified atom stereocenters. The molecule has 1 N–H and O–H groups in total. The molecule has 0 spiro atoms. The molecule has 0 bridgehead atoms. The van der Waals surface area contributed by atoms with Crippen molar-refractivity contribution >= 4 is 27.3 Å². The number of nitrogens with zero attached hydrogens (tertiary/aromatic N) is 2. The number of aryl methyl sites for hydroxylation is 1. The second kappa shape index (κ2) is 5.91. The summed E-state index contributed by atoms with van der Waals surface area (Å²) in [5.74, 6) is 0. The van der Waals surface area contributed by atoms with E-state index in [4.69, 9.17) is 0 Å². The summed E-state index contributed by atoms with van der Waals surface area (Å²) in [5.41, 5.74) is 2.33. The zero-order valence-corrected chi connectivity index (χ0v) is 13.1. The van der Waals surface area contributed by atoms with E-state index in [1.165, 1.54) is 5.56 Å². The lowest BCUT2D eigenvalue weighted by molar-refractivity contribution is 0.590. The Labute approximate surface area is 120 Å². The molecule has 1 aromatic heterocycles. The van der Waals surface area contributed by atoms with Gasteiger partial charge >= 0.3 is 0 Å². The fourth-order valence-electron chi connectivity index (χ4n) is 1.72. The summed E-state index contributed by atoms with van der Waals surface area (Å²) < 4.78 is 1.10. The summed E-state index contributed by atoms with van der Waals surface area (Å²) in [7, 11) is 0. The smallest absolute Gasteiger partial charge is 0.149 e. The molecule has 0 saturated carbocycles. The predicted molar refractivity (Wildman–Crippen MR) is 79.9 cm³/mol. The minimum Gasteiger partial charge on any atom is -0.308 e. The van der Waals surface area contributed by atoms with Gasteiger partial charge in [-0.25, -0.2) is 0 Å². The fraction of sp³-hybridized carbons (Fsp3) is 0.385. The summed E-state index contributed by atoms with van der Waals surface area (Å²) in [5, 5.41) is 13.9. The third-order valence-corrected chi connectivity index (χ3v) is 4.94. The third kappa shape index (κ3) is 2.79. The van der Waals surface area contributed by atoms with Gasteiger partial charge in [0.2, 0.25) is 0 Å². The highest BCUT2D eigenvalue weighted by molar-refractivity contribution is 9.10. The van der Waals surface area contributed by atoms with E-state index in [1.54, 1.807) is 11.3 Å². The summed E-state index contributed by atoms with van der Waals surface area (Å²) in [4.78, 5) is 0. The van der Waals surface area contributed by atoms with E-state index in [1.807, 2.05) is 6.07 Å². The van der Waals surface area contributed by atoms with E-state index in [-0.39, 0.29) is 6.04 Å². The summed E-state index contributed by atoms with van der Waals surface area (Å²) in [6.07, 6.45) is 0. The van der Waals surface area contributed by atoms with E-state index < -0.39 is 0 Å². The molecule has 18 heavy (non-hydrogen) atoms. The number of nitrogens with one attached hydrogen (secondary N) is 1. The Balaban J connectivity index is 2.32.